The molecule has 0 bridgehead atoms. The summed E-state index contributed by atoms with van der Waals surface area (Å²) in [5.41, 5.74) is 3.61. The number of anilines is 2. The second-order valence-electron chi connectivity index (χ2n) is 8.20. The van der Waals surface area contributed by atoms with Crippen molar-refractivity contribution in [3.8, 4) is 0 Å². The van der Waals surface area contributed by atoms with Crippen molar-refractivity contribution < 1.29 is 17.6 Å². The smallest absolute Gasteiger partial charge is 0.243 e. The van der Waals surface area contributed by atoms with Crippen molar-refractivity contribution in [3.63, 3.8) is 0 Å². The number of carbonyl (C=O) groups is 1. The Kier molecular flexibility index (Phi) is 4.59. The molecule has 3 aliphatic rings. The number of carbonyl (C=O) groups excluding carboxylic acids is 1. The highest BCUT2D eigenvalue weighted by Gasteiger charge is 2.39. The lowest BCUT2D eigenvalue weighted by Gasteiger charge is -2.35. The highest BCUT2D eigenvalue weighted by atomic mass is 32.2. The van der Waals surface area contributed by atoms with Crippen LogP contribution in [0.15, 0.2) is 41.3 Å². The SMILES string of the molecule is C[C@H]1C(=O)N2CCCc3cc(S(=O)(=O)N4CCN(c5ccc(F)cc5)CC4)cc1c32. The first-order valence-corrected chi connectivity index (χ1v) is 11.8. The summed E-state index contributed by atoms with van der Waals surface area (Å²) in [5.74, 6) is -0.525. The van der Waals surface area contributed by atoms with Crippen molar-refractivity contribution in [3.05, 3.63) is 53.3 Å². The highest BCUT2D eigenvalue weighted by Crippen LogP contribution is 2.44. The Morgan fingerprint density at radius 3 is 2.40 bits per heavy atom. The van der Waals surface area contributed by atoms with Crippen LogP contribution in [0.2, 0.25) is 0 Å². The van der Waals surface area contributed by atoms with Crippen LogP contribution in [0, 0.1) is 5.82 Å². The van der Waals surface area contributed by atoms with E-state index in [1.165, 1.54) is 16.4 Å². The summed E-state index contributed by atoms with van der Waals surface area (Å²) in [7, 11) is -3.65. The van der Waals surface area contributed by atoms with Crippen LogP contribution in [-0.2, 0) is 21.2 Å². The minimum Gasteiger partial charge on any atom is -0.369 e. The molecule has 1 amide bonds. The number of nitrogens with zero attached hydrogens (tertiary/aromatic N) is 3. The van der Waals surface area contributed by atoms with Crippen LogP contribution in [0.25, 0.3) is 0 Å². The third-order valence-electron chi connectivity index (χ3n) is 6.46. The normalized spacial score (nSPS) is 21.8. The van der Waals surface area contributed by atoms with E-state index in [1.54, 1.807) is 24.3 Å². The van der Waals surface area contributed by atoms with Gasteiger partial charge in [0.1, 0.15) is 5.82 Å². The van der Waals surface area contributed by atoms with Crippen LogP contribution in [0.3, 0.4) is 0 Å². The average Bonchev–Trinajstić information content (AvgIpc) is 3.01. The summed E-state index contributed by atoms with van der Waals surface area (Å²) in [6.07, 6.45) is 1.64. The Balaban J connectivity index is 1.40. The van der Waals surface area contributed by atoms with Crippen LogP contribution in [-0.4, -0.2) is 51.4 Å². The maximum atomic E-state index is 13.4. The molecular weight excluding hydrogens is 405 g/mol. The molecule has 0 spiro atoms. The van der Waals surface area contributed by atoms with Gasteiger partial charge in [0.25, 0.3) is 0 Å². The van der Waals surface area contributed by atoms with Crippen molar-refractivity contribution in [1.29, 1.82) is 0 Å². The number of amides is 1. The minimum absolute atomic E-state index is 0.0633. The van der Waals surface area contributed by atoms with E-state index in [4.69, 9.17) is 0 Å². The highest BCUT2D eigenvalue weighted by molar-refractivity contribution is 7.89. The standard InChI is InChI=1S/C22H24FN3O3S/c1-15-20-14-19(13-16-3-2-8-26(21(16)20)22(15)27)30(28,29)25-11-9-24(10-12-25)18-6-4-17(23)5-7-18/h4-7,13-15H,2-3,8-12H2,1H3/t15-/m1/s1. The van der Waals surface area contributed by atoms with Gasteiger partial charge in [0, 0.05) is 38.4 Å². The first-order chi connectivity index (χ1) is 14.4. The van der Waals surface area contributed by atoms with Gasteiger partial charge in [-0.3, -0.25) is 4.79 Å². The monoisotopic (exact) mass is 429 g/mol. The molecule has 5 rings (SSSR count). The van der Waals surface area contributed by atoms with E-state index < -0.39 is 10.0 Å². The Hall–Kier alpha value is -2.45. The quantitative estimate of drug-likeness (QED) is 0.753. The molecule has 2 aromatic carbocycles. The largest absolute Gasteiger partial charge is 0.369 e. The van der Waals surface area contributed by atoms with Crippen molar-refractivity contribution >= 4 is 27.3 Å². The molecule has 0 radical (unpaired) electrons. The maximum Gasteiger partial charge on any atom is 0.243 e. The number of hydrogen-bond acceptors (Lipinski definition) is 4. The molecule has 158 valence electrons. The Labute approximate surface area is 175 Å². The van der Waals surface area contributed by atoms with Gasteiger partial charge in [-0.2, -0.15) is 4.31 Å². The summed E-state index contributed by atoms with van der Waals surface area (Å²) < 4.78 is 41.5. The van der Waals surface area contributed by atoms with Crippen LogP contribution in [0.5, 0.6) is 0 Å². The van der Waals surface area contributed by atoms with E-state index in [2.05, 4.69) is 4.90 Å². The summed E-state index contributed by atoms with van der Waals surface area (Å²) >= 11 is 0. The molecule has 30 heavy (non-hydrogen) atoms. The van der Waals surface area contributed by atoms with Crippen LogP contribution >= 0.6 is 0 Å². The van der Waals surface area contributed by atoms with Gasteiger partial charge in [-0.1, -0.05) is 0 Å². The van der Waals surface area contributed by atoms with Gasteiger partial charge >= 0.3 is 0 Å². The minimum atomic E-state index is -3.65. The summed E-state index contributed by atoms with van der Waals surface area (Å²) in [6.45, 7) is 4.39. The van der Waals surface area contributed by atoms with E-state index in [9.17, 15) is 17.6 Å². The zero-order chi connectivity index (χ0) is 21.0. The fourth-order valence-electron chi connectivity index (χ4n) is 4.80. The molecule has 3 aliphatic heterocycles. The van der Waals surface area contributed by atoms with Crippen LogP contribution < -0.4 is 9.80 Å². The number of sulfonamides is 1. The van der Waals surface area contributed by atoms with Gasteiger partial charge < -0.3 is 9.80 Å². The first-order valence-electron chi connectivity index (χ1n) is 10.3. The molecule has 0 N–H and O–H groups in total. The number of aryl methyl sites for hydroxylation is 1. The molecule has 1 atom stereocenters. The zero-order valence-corrected chi connectivity index (χ0v) is 17.7. The second kappa shape index (κ2) is 7.06. The maximum absolute atomic E-state index is 13.4. The van der Waals surface area contributed by atoms with E-state index in [0.29, 0.717) is 32.7 Å². The van der Waals surface area contributed by atoms with E-state index in [-0.39, 0.29) is 22.5 Å². The Bertz CT molecular complexity index is 1110. The molecule has 8 heteroatoms. The van der Waals surface area contributed by atoms with Crippen molar-refractivity contribution in [2.45, 2.75) is 30.6 Å². The van der Waals surface area contributed by atoms with E-state index >= 15 is 0 Å². The number of rotatable bonds is 3. The number of halogens is 1. The van der Waals surface area contributed by atoms with Gasteiger partial charge in [0.05, 0.1) is 16.5 Å². The molecule has 2 aromatic rings. The summed E-state index contributed by atoms with van der Waals surface area (Å²) in [6, 6.07) is 9.73. The molecule has 1 fully saturated rings. The zero-order valence-electron chi connectivity index (χ0n) is 16.8. The van der Waals surface area contributed by atoms with Crippen molar-refractivity contribution in [2.75, 3.05) is 42.5 Å². The van der Waals surface area contributed by atoms with Crippen molar-refractivity contribution in [2.24, 2.45) is 0 Å². The predicted octanol–water partition coefficient (Wildman–Crippen LogP) is 2.73. The average molecular weight is 430 g/mol. The topological polar surface area (TPSA) is 60.9 Å². The molecule has 0 saturated carbocycles. The van der Waals surface area contributed by atoms with E-state index in [0.717, 1.165) is 35.3 Å². The second-order valence-corrected chi connectivity index (χ2v) is 10.1. The summed E-state index contributed by atoms with van der Waals surface area (Å²) in [5, 5.41) is 0. The lowest BCUT2D eigenvalue weighted by atomic mass is 9.97. The lowest BCUT2D eigenvalue weighted by Crippen LogP contribution is -2.48. The third-order valence-corrected chi connectivity index (χ3v) is 8.34. The van der Waals surface area contributed by atoms with Gasteiger partial charge in [-0.25, -0.2) is 12.8 Å². The molecule has 0 aromatic heterocycles. The van der Waals surface area contributed by atoms with E-state index in [1.807, 2.05) is 11.8 Å². The third kappa shape index (κ3) is 3.01. The number of piperazine rings is 1. The fourth-order valence-corrected chi connectivity index (χ4v) is 6.31. The van der Waals surface area contributed by atoms with Gasteiger partial charge in [-0.15, -0.1) is 0 Å². The Morgan fingerprint density at radius 2 is 1.70 bits per heavy atom. The molecule has 0 aliphatic carbocycles. The molecule has 6 nitrogen and oxygen atoms in total. The van der Waals surface area contributed by atoms with Crippen molar-refractivity contribution in [1.82, 2.24) is 4.31 Å². The van der Waals surface area contributed by atoms with Gasteiger partial charge in [0.15, 0.2) is 0 Å². The molecular formula is C22H24FN3O3S. The molecule has 1 saturated heterocycles. The Morgan fingerprint density at radius 1 is 1.00 bits per heavy atom. The lowest BCUT2D eigenvalue weighted by molar-refractivity contribution is -0.119. The molecule has 0 unspecified atom stereocenters. The summed E-state index contributed by atoms with van der Waals surface area (Å²) in [4.78, 5) is 16.7. The number of benzene rings is 2. The van der Waals surface area contributed by atoms with Gasteiger partial charge in [0.2, 0.25) is 15.9 Å². The fraction of sp³-hybridized carbons (Fsp3) is 0.409. The number of hydrogen-bond donors (Lipinski definition) is 0. The predicted molar refractivity (Wildman–Crippen MR) is 113 cm³/mol. The molecule has 3 heterocycles. The first kappa shape index (κ1) is 19.5. The van der Waals surface area contributed by atoms with Crippen LogP contribution in [0.1, 0.15) is 30.4 Å². The van der Waals surface area contributed by atoms with Crippen LogP contribution in [0.4, 0.5) is 15.8 Å². The van der Waals surface area contributed by atoms with Gasteiger partial charge in [-0.05, 0) is 67.3 Å².